The molecular formula is C17H25BrN2O. The van der Waals surface area contributed by atoms with E-state index in [9.17, 15) is 4.79 Å². The average molecular weight is 353 g/mol. The van der Waals surface area contributed by atoms with Crippen molar-refractivity contribution < 1.29 is 4.79 Å². The Labute approximate surface area is 136 Å². The summed E-state index contributed by atoms with van der Waals surface area (Å²) in [6, 6.07) is 6.21. The van der Waals surface area contributed by atoms with Crippen molar-refractivity contribution in [2.24, 2.45) is 11.3 Å². The summed E-state index contributed by atoms with van der Waals surface area (Å²) in [5.74, 6) is 0.595. The molecule has 1 aromatic rings. The summed E-state index contributed by atoms with van der Waals surface area (Å²) in [5.41, 5.74) is 2.63. The Bertz CT molecular complexity index is 522. The van der Waals surface area contributed by atoms with E-state index in [-0.39, 0.29) is 11.4 Å². The Kier molecular flexibility index (Phi) is 4.97. The van der Waals surface area contributed by atoms with Crippen LogP contribution in [0.4, 0.5) is 4.79 Å². The first-order valence-electron chi connectivity index (χ1n) is 7.55. The smallest absolute Gasteiger partial charge is 0.317 e. The van der Waals surface area contributed by atoms with Crippen LogP contribution in [0.15, 0.2) is 22.7 Å². The molecule has 1 fully saturated rings. The molecule has 0 aromatic heterocycles. The van der Waals surface area contributed by atoms with Crippen LogP contribution in [-0.4, -0.2) is 24.0 Å². The number of halogens is 1. The number of nitrogens with one attached hydrogen (secondary N) is 1. The number of carbonyl (C=O) groups is 1. The number of aryl methyl sites for hydroxylation is 1. The number of benzene rings is 1. The molecule has 116 valence electrons. The highest BCUT2D eigenvalue weighted by Gasteiger charge is 2.33. The van der Waals surface area contributed by atoms with Crippen LogP contribution in [0.5, 0.6) is 0 Å². The number of urea groups is 1. The molecular weight excluding hydrogens is 328 g/mol. The quantitative estimate of drug-likeness (QED) is 0.843. The highest BCUT2D eigenvalue weighted by molar-refractivity contribution is 9.10. The van der Waals surface area contributed by atoms with Gasteiger partial charge in [-0.2, -0.15) is 0 Å². The Morgan fingerprint density at radius 3 is 2.71 bits per heavy atom. The normalized spacial score (nSPS) is 18.9. The van der Waals surface area contributed by atoms with E-state index in [1.165, 1.54) is 5.56 Å². The van der Waals surface area contributed by atoms with Gasteiger partial charge >= 0.3 is 6.03 Å². The molecule has 1 heterocycles. The van der Waals surface area contributed by atoms with Crippen LogP contribution in [0.2, 0.25) is 0 Å². The predicted molar refractivity (Wildman–Crippen MR) is 90.2 cm³/mol. The fraction of sp³-hybridized carbons (Fsp3) is 0.588. The van der Waals surface area contributed by atoms with Crippen molar-refractivity contribution in [2.75, 3.05) is 13.1 Å². The Balaban J connectivity index is 1.88. The minimum Gasteiger partial charge on any atom is -0.334 e. The lowest BCUT2D eigenvalue weighted by Gasteiger charge is -2.27. The lowest BCUT2D eigenvalue weighted by Crippen LogP contribution is -2.39. The summed E-state index contributed by atoms with van der Waals surface area (Å²) in [4.78, 5) is 14.2. The number of rotatable bonds is 2. The zero-order valence-corrected chi connectivity index (χ0v) is 15.0. The van der Waals surface area contributed by atoms with Crippen molar-refractivity contribution in [3.63, 3.8) is 0 Å². The molecule has 0 aliphatic carbocycles. The molecule has 4 heteroatoms. The number of nitrogens with zero attached hydrogens (tertiary/aromatic N) is 1. The second-order valence-corrected chi connectivity index (χ2v) is 7.94. The molecule has 1 N–H and O–H groups in total. The number of carbonyl (C=O) groups excluding carboxylic acids is 1. The minimum atomic E-state index is 0.0593. The van der Waals surface area contributed by atoms with Crippen molar-refractivity contribution in [1.82, 2.24) is 10.2 Å². The van der Waals surface area contributed by atoms with E-state index < -0.39 is 0 Å². The first kappa shape index (κ1) is 16.3. The van der Waals surface area contributed by atoms with E-state index in [2.05, 4.69) is 61.1 Å². The second-order valence-electron chi connectivity index (χ2n) is 7.03. The molecule has 1 aliphatic rings. The van der Waals surface area contributed by atoms with Crippen LogP contribution in [-0.2, 0) is 6.54 Å². The summed E-state index contributed by atoms with van der Waals surface area (Å²) in [6.45, 7) is 11.2. The second kappa shape index (κ2) is 6.39. The molecule has 3 nitrogen and oxygen atoms in total. The van der Waals surface area contributed by atoms with E-state index in [4.69, 9.17) is 0 Å². The van der Waals surface area contributed by atoms with Gasteiger partial charge in [0.2, 0.25) is 0 Å². The van der Waals surface area contributed by atoms with Gasteiger partial charge in [0, 0.05) is 24.1 Å². The summed E-state index contributed by atoms with van der Waals surface area (Å²) in [5, 5.41) is 3.04. The van der Waals surface area contributed by atoms with Gasteiger partial charge < -0.3 is 10.2 Å². The zero-order chi connectivity index (χ0) is 15.6. The van der Waals surface area contributed by atoms with Gasteiger partial charge in [-0.3, -0.25) is 0 Å². The number of hydrogen-bond donors (Lipinski definition) is 1. The molecule has 0 bridgehead atoms. The number of likely N-dealkylation sites (tertiary alicyclic amines) is 1. The van der Waals surface area contributed by atoms with Gasteiger partial charge in [0.05, 0.1) is 0 Å². The minimum absolute atomic E-state index is 0.0593. The Morgan fingerprint density at radius 1 is 1.43 bits per heavy atom. The Morgan fingerprint density at radius 2 is 2.14 bits per heavy atom. The first-order valence-corrected chi connectivity index (χ1v) is 8.34. The molecule has 1 atom stereocenters. The van der Waals surface area contributed by atoms with E-state index in [1.807, 2.05) is 11.0 Å². The van der Waals surface area contributed by atoms with Gasteiger partial charge in [0.1, 0.15) is 0 Å². The summed E-state index contributed by atoms with van der Waals surface area (Å²) in [7, 11) is 0. The largest absolute Gasteiger partial charge is 0.334 e. The van der Waals surface area contributed by atoms with Gasteiger partial charge in [-0.25, -0.2) is 4.79 Å². The fourth-order valence-corrected chi connectivity index (χ4v) is 3.27. The SMILES string of the molecule is Cc1cc(Br)ccc1CNC(=O)N1CCC(C(C)(C)C)C1. The lowest BCUT2D eigenvalue weighted by molar-refractivity contribution is 0.196. The maximum Gasteiger partial charge on any atom is 0.317 e. The third-order valence-corrected chi connectivity index (χ3v) is 4.93. The standard InChI is InChI=1S/C17H25BrN2O/c1-12-9-15(18)6-5-13(12)10-19-16(21)20-8-7-14(11-20)17(2,3)4/h5-6,9,14H,7-8,10-11H2,1-4H3,(H,19,21). The van der Waals surface area contributed by atoms with Crippen molar-refractivity contribution in [2.45, 2.75) is 40.7 Å². The first-order chi connectivity index (χ1) is 9.77. The highest BCUT2D eigenvalue weighted by Crippen LogP contribution is 2.33. The van der Waals surface area contributed by atoms with E-state index in [0.29, 0.717) is 12.5 Å². The third-order valence-electron chi connectivity index (χ3n) is 4.43. The average Bonchev–Trinajstić information content (AvgIpc) is 2.87. The van der Waals surface area contributed by atoms with Crippen molar-refractivity contribution >= 4 is 22.0 Å². The van der Waals surface area contributed by atoms with Crippen molar-refractivity contribution in [3.8, 4) is 0 Å². The molecule has 0 saturated carbocycles. The molecule has 1 saturated heterocycles. The van der Waals surface area contributed by atoms with Crippen LogP contribution < -0.4 is 5.32 Å². The zero-order valence-electron chi connectivity index (χ0n) is 13.4. The summed E-state index contributed by atoms with van der Waals surface area (Å²) < 4.78 is 1.07. The molecule has 0 spiro atoms. The van der Waals surface area contributed by atoms with Crippen LogP contribution in [0.1, 0.15) is 38.3 Å². The maximum absolute atomic E-state index is 12.3. The fourth-order valence-electron chi connectivity index (χ4n) is 2.79. The van der Waals surface area contributed by atoms with Gasteiger partial charge in [-0.05, 0) is 47.9 Å². The van der Waals surface area contributed by atoms with Gasteiger partial charge in [-0.1, -0.05) is 42.8 Å². The number of amides is 2. The van der Waals surface area contributed by atoms with Crippen LogP contribution in [0.25, 0.3) is 0 Å². The predicted octanol–water partition coefficient (Wildman–Crippen LogP) is 4.34. The summed E-state index contributed by atoms with van der Waals surface area (Å²) in [6.07, 6.45) is 1.11. The molecule has 1 aliphatic heterocycles. The van der Waals surface area contributed by atoms with E-state index in [1.54, 1.807) is 0 Å². The molecule has 2 rings (SSSR count). The molecule has 21 heavy (non-hydrogen) atoms. The van der Waals surface area contributed by atoms with E-state index >= 15 is 0 Å². The maximum atomic E-state index is 12.3. The van der Waals surface area contributed by atoms with Crippen LogP contribution in [0.3, 0.4) is 0 Å². The monoisotopic (exact) mass is 352 g/mol. The van der Waals surface area contributed by atoms with Crippen molar-refractivity contribution in [1.29, 1.82) is 0 Å². The van der Waals surface area contributed by atoms with Crippen molar-refractivity contribution in [3.05, 3.63) is 33.8 Å². The lowest BCUT2D eigenvalue weighted by atomic mass is 9.80. The molecule has 1 unspecified atom stereocenters. The highest BCUT2D eigenvalue weighted by atomic mass is 79.9. The van der Waals surface area contributed by atoms with Crippen LogP contribution >= 0.6 is 15.9 Å². The molecule has 0 radical (unpaired) electrons. The van der Waals surface area contributed by atoms with Gasteiger partial charge in [-0.15, -0.1) is 0 Å². The Hall–Kier alpha value is -1.03. The topological polar surface area (TPSA) is 32.3 Å². The van der Waals surface area contributed by atoms with E-state index in [0.717, 1.165) is 29.5 Å². The van der Waals surface area contributed by atoms with Crippen LogP contribution in [0, 0.1) is 18.3 Å². The number of hydrogen-bond acceptors (Lipinski definition) is 1. The van der Waals surface area contributed by atoms with Gasteiger partial charge in [0.15, 0.2) is 0 Å². The molecule has 1 aromatic carbocycles. The summed E-state index contributed by atoms with van der Waals surface area (Å²) >= 11 is 3.46. The van der Waals surface area contributed by atoms with Gasteiger partial charge in [0.25, 0.3) is 0 Å². The third kappa shape index (κ3) is 4.22. The molecule has 2 amide bonds.